The largest absolute Gasteiger partial charge is 0.508 e. The van der Waals surface area contributed by atoms with Gasteiger partial charge in [-0.2, -0.15) is 8.42 Å². The second-order valence-corrected chi connectivity index (χ2v) is 4.20. The van der Waals surface area contributed by atoms with Crippen molar-refractivity contribution in [3.8, 4) is 5.75 Å². The van der Waals surface area contributed by atoms with E-state index in [1.807, 2.05) is 0 Å². The van der Waals surface area contributed by atoms with Crippen LogP contribution in [0.25, 0.3) is 0 Å². The third-order valence-corrected chi connectivity index (χ3v) is 2.28. The lowest BCUT2D eigenvalue weighted by Crippen LogP contribution is -2.04. The average Bonchev–Trinajstić information content (AvgIpc) is 2.02. The van der Waals surface area contributed by atoms with Crippen molar-refractivity contribution < 1.29 is 18.1 Å². The van der Waals surface area contributed by atoms with E-state index in [-0.39, 0.29) is 12.2 Å². The van der Waals surface area contributed by atoms with E-state index in [1.165, 1.54) is 12.1 Å². The minimum Gasteiger partial charge on any atom is -0.508 e. The Morgan fingerprint density at radius 3 is 2.15 bits per heavy atom. The van der Waals surface area contributed by atoms with Crippen LogP contribution in [0, 0.1) is 0 Å². The van der Waals surface area contributed by atoms with Crippen LogP contribution in [0.2, 0.25) is 0 Å². The minimum atomic E-state index is -4.14. The summed E-state index contributed by atoms with van der Waals surface area (Å²) in [5, 5.41) is 8.90. The maximum Gasteiger partial charge on any atom is 0.294 e. The zero-order chi connectivity index (χ0) is 9.90. The summed E-state index contributed by atoms with van der Waals surface area (Å²) in [6.07, 6.45) is 0.187. The first-order valence-electron chi connectivity index (χ1n) is 3.69. The summed E-state index contributed by atoms with van der Waals surface area (Å²) in [6, 6.07) is 6.07. The van der Waals surface area contributed by atoms with Gasteiger partial charge in [0.2, 0.25) is 0 Å². The standard InChI is InChI=1S/C8H9O4S/c9-8-3-1-7(2-4-8)5-6-13(10,11)12/h1-4,9H,5-6H2. The molecule has 1 aromatic carbocycles. The van der Waals surface area contributed by atoms with Crippen LogP contribution in [0.5, 0.6) is 5.75 Å². The fourth-order valence-corrected chi connectivity index (χ4v) is 1.39. The van der Waals surface area contributed by atoms with Crippen molar-refractivity contribution in [3.05, 3.63) is 29.8 Å². The Labute approximate surface area is 76.6 Å². The number of hydrogen-bond acceptors (Lipinski definition) is 3. The van der Waals surface area contributed by atoms with E-state index in [0.29, 0.717) is 0 Å². The number of phenols is 1. The summed E-state index contributed by atoms with van der Waals surface area (Å²) in [5.74, 6) is -0.286. The highest BCUT2D eigenvalue weighted by molar-refractivity contribution is 7.85. The highest BCUT2D eigenvalue weighted by Gasteiger charge is 2.06. The lowest BCUT2D eigenvalue weighted by molar-refractivity contribution is 0.414. The van der Waals surface area contributed by atoms with Gasteiger partial charge in [0.25, 0.3) is 10.1 Å². The van der Waals surface area contributed by atoms with Crippen LogP contribution < -0.4 is 0 Å². The van der Waals surface area contributed by atoms with Crippen molar-refractivity contribution in [2.75, 3.05) is 5.75 Å². The topological polar surface area (TPSA) is 74.3 Å². The molecule has 71 valence electrons. The monoisotopic (exact) mass is 201 g/mol. The van der Waals surface area contributed by atoms with Crippen LogP contribution >= 0.6 is 0 Å². The molecule has 0 heterocycles. The van der Waals surface area contributed by atoms with Crippen LogP contribution in [0.4, 0.5) is 0 Å². The summed E-state index contributed by atoms with van der Waals surface area (Å²) in [4.78, 5) is 0. The van der Waals surface area contributed by atoms with Gasteiger partial charge < -0.3 is 5.11 Å². The van der Waals surface area contributed by atoms with E-state index in [4.69, 9.17) is 5.11 Å². The van der Waals surface area contributed by atoms with Crippen molar-refractivity contribution in [3.63, 3.8) is 0 Å². The van der Waals surface area contributed by atoms with Gasteiger partial charge in [0.1, 0.15) is 5.75 Å². The second-order valence-electron chi connectivity index (χ2n) is 2.68. The highest BCUT2D eigenvalue weighted by Crippen LogP contribution is 2.10. The molecule has 0 bridgehead atoms. The normalized spacial score (nSPS) is 11.5. The molecular formula is C8H9O4S. The molecule has 5 heteroatoms. The van der Waals surface area contributed by atoms with Crippen molar-refractivity contribution in [2.45, 2.75) is 6.42 Å². The van der Waals surface area contributed by atoms with E-state index in [2.05, 4.69) is 0 Å². The van der Waals surface area contributed by atoms with Gasteiger partial charge in [-0.25, -0.2) is 0 Å². The second kappa shape index (κ2) is 3.76. The first-order valence-corrected chi connectivity index (χ1v) is 5.26. The Bertz CT molecular complexity index is 366. The van der Waals surface area contributed by atoms with Crippen LogP contribution in [0.1, 0.15) is 5.56 Å². The van der Waals surface area contributed by atoms with Gasteiger partial charge >= 0.3 is 0 Å². The number of aryl methyl sites for hydroxylation is 1. The molecule has 1 radical (unpaired) electrons. The number of aromatic hydroxyl groups is 1. The smallest absolute Gasteiger partial charge is 0.294 e. The quantitative estimate of drug-likeness (QED) is 0.782. The Morgan fingerprint density at radius 2 is 1.69 bits per heavy atom. The van der Waals surface area contributed by atoms with Crippen molar-refractivity contribution in [1.82, 2.24) is 0 Å². The molecule has 1 rings (SSSR count). The summed E-state index contributed by atoms with van der Waals surface area (Å²) in [6.45, 7) is 0. The molecule has 0 aliphatic heterocycles. The number of phenolic OH excluding ortho intramolecular Hbond substituents is 1. The van der Waals surface area contributed by atoms with E-state index >= 15 is 0 Å². The Morgan fingerprint density at radius 1 is 1.15 bits per heavy atom. The Hall–Kier alpha value is -1.07. The van der Waals surface area contributed by atoms with Crippen LogP contribution in [0.3, 0.4) is 0 Å². The third kappa shape index (κ3) is 3.91. The molecule has 0 amide bonds. The molecule has 0 aliphatic rings. The zero-order valence-electron chi connectivity index (χ0n) is 6.80. The predicted molar refractivity (Wildman–Crippen MR) is 46.3 cm³/mol. The fraction of sp³-hybridized carbons (Fsp3) is 0.250. The van der Waals surface area contributed by atoms with Crippen LogP contribution in [-0.2, 0) is 21.1 Å². The molecule has 4 nitrogen and oxygen atoms in total. The van der Waals surface area contributed by atoms with Gasteiger partial charge in [0, 0.05) is 0 Å². The third-order valence-electron chi connectivity index (χ3n) is 1.58. The Balaban J connectivity index is 2.61. The summed E-state index contributed by atoms with van der Waals surface area (Å²) < 4.78 is 30.8. The molecule has 0 spiro atoms. The molecule has 1 N–H and O–H groups in total. The first-order chi connectivity index (χ1) is 5.97. The molecule has 0 aliphatic carbocycles. The molecule has 1 aromatic rings. The molecule has 0 aromatic heterocycles. The lowest BCUT2D eigenvalue weighted by atomic mass is 10.2. The number of hydrogen-bond donors (Lipinski definition) is 1. The van der Waals surface area contributed by atoms with Gasteiger partial charge in [-0.05, 0) is 24.1 Å². The van der Waals surface area contributed by atoms with E-state index in [9.17, 15) is 13.0 Å². The number of rotatable bonds is 3. The molecular weight excluding hydrogens is 192 g/mol. The first kappa shape index (κ1) is 10.0. The molecule has 0 atom stereocenters. The maximum absolute atomic E-state index is 10.3. The Kier molecular flexibility index (Phi) is 2.90. The molecule has 0 unspecified atom stereocenters. The van der Waals surface area contributed by atoms with Crippen molar-refractivity contribution in [1.29, 1.82) is 0 Å². The average molecular weight is 201 g/mol. The predicted octanol–water partition coefficient (Wildman–Crippen LogP) is 0.695. The maximum atomic E-state index is 10.3. The van der Waals surface area contributed by atoms with E-state index in [1.54, 1.807) is 12.1 Å². The molecule has 0 saturated heterocycles. The van der Waals surface area contributed by atoms with Gasteiger partial charge in [-0.1, -0.05) is 16.7 Å². The summed E-state index contributed by atoms with van der Waals surface area (Å²) in [5.41, 5.74) is 0.720. The lowest BCUT2D eigenvalue weighted by Gasteiger charge is -1.98. The van der Waals surface area contributed by atoms with Gasteiger partial charge in [-0.15, -0.1) is 0 Å². The number of benzene rings is 1. The van der Waals surface area contributed by atoms with Crippen molar-refractivity contribution in [2.24, 2.45) is 0 Å². The highest BCUT2D eigenvalue weighted by atomic mass is 32.2. The van der Waals surface area contributed by atoms with Crippen molar-refractivity contribution >= 4 is 10.1 Å². The van der Waals surface area contributed by atoms with Crippen LogP contribution in [-0.4, -0.2) is 19.3 Å². The van der Waals surface area contributed by atoms with Gasteiger partial charge in [0.15, 0.2) is 0 Å². The van der Waals surface area contributed by atoms with E-state index < -0.39 is 15.9 Å². The van der Waals surface area contributed by atoms with Gasteiger partial charge in [-0.3, -0.25) is 0 Å². The minimum absolute atomic E-state index is 0.119. The summed E-state index contributed by atoms with van der Waals surface area (Å²) >= 11 is 0. The molecule has 13 heavy (non-hydrogen) atoms. The van der Waals surface area contributed by atoms with Crippen LogP contribution in [0.15, 0.2) is 24.3 Å². The summed E-state index contributed by atoms with van der Waals surface area (Å²) in [7, 11) is -4.14. The van der Waals surface area contributed by atoms with Gasteiger partial charge in [0.05, 0.1) is 5.75 Å². The molecule has 0 saturated carbocycles. The van der Waals surface area contributed by atoms with E-state index in [0.717, 1.165) is 5.56 Å². The zero-order valence-corrected chi connectivity index (χ0v) is 7.62. The fourth-order valence-electron chi connectivity index (χ4n) is 0.905. The molecule has 0 fully saturated rings. The SMILES string of the molecule is [O]S(=O)(=O)CCc1ccc(O)cc1.